The first-order chi connectivity index (χ1) is 11.4. The Labute approximate surface area is 168 Å². The van der Waals surface area contributed by atoms with Gasteiger partial charge in [-0.1, -0.05) is 37.3 Å². The molecule has 0 fully saturated rings. The summed E-state index contributed by atoms with van der Waals surface area (Å²) in [7, 11) is -1.21. The highest BCUT2D eigenvalue weighted by Crippen LogP contribution is 2.02. The first kappa shape index (κ1) is 24.1. The number of benzene rings is 1. The molecule has 0 radical (unpaired) electrons. The zero-order valence-electron chi connectivity index (χ0n) is 15.2. The molecule has 1 aromatic carbocycles. The van der Waals surface area contributed by atoms with E-state index in [0.717, 1.165) is 6.54 Å². The van der Waals surface area contributed by atoms with Gasteiger partial charge in [-0.3, -0.25) is 4.99 Å². The number of nitrogens with one attached hydrogen (secondary N) is 2. The Hall–Kier alpha value is -0.870. The summed E-state index contributed by atoms with van der Waals surface area (Å²) in [6.07, 6.45) is 1.81. The fraction of sp³-hybridized carbons (Fsp3) is 0.588. The summed E-state index contributed by atoms with van der Waals surface area (Å²) in [5, 5.41) is 6.34. The monoisotopic (exact) mass is 483 g/mol. The third-order valence-corrected chi connectivity index (χ3v) is 4.37. The molecule has 25 heavy (non-hydrogen) atoms. The van der Waals surface area contributed by atoms with Crippen molar-refractivity contribution in [2.24, 2.45) is 10.9 Å². The number of sulfone groups is 1. The van der Waals surface area contributed by atoms with Gasteiger partial charge in [0.25, 0.3) is 0 Å². The topological polar surface area (TPSA) is 79.8 Å². The number of guanidine groups is 1. The highest BCUT2D eigenvalue weighted by Gasteiger charge is 2.05. The Morgan fingerprint density at radius 2 is 1.92 bits per heavy atom. The van der Waals surface area contributed by atoms with Crippen molar-refractivity contribution < 1.29 is 13.2 Å². The molecule has 0 heterocycles. The molecular weight excluding hydrogens is 453 g/mol. The van der Waals surface area contributed by atoms with E-state index in [0.29, 0.717) is 38.1 Å². The lowest BCUT2D eigenvalue weighted by Crippen LogP contribution is -2.40. The van der Waals surface area contributed by atoms with Crippen molar-refractivity contribution in [3.05, 3.63) is 35.9 Å². The van der Waals surface area contributed by atoms with Crippen LogP contribution in [0.1, 0.15) is 18.9 Å². The highest BCUT2D eigenvalue weighted by atomic mass is 127. The van der Waals surface area contributed by atoms with Crippen LogP contribution in [-0.4, -0.2) is 53.1 Å². The molecular formula is C17H30IN3O3S. The maximum Gasteiger partial charge on any atom is 0.190 e. The fourth-order valence-electron chi connectivity index (χ4n) is 2.04. The normalized spacial score (nSPS) is 13.0. The van der Waals surface area contributed by atoms with Gasteiger partial charge in [0.1, 0.15) is 9.84 Å². The molecule has 2 N–H and O–H groups in total. The lowest BCUT2D eigenvalue weighted by molar-refractivity contribution is 0.0931. The lowest BCUT2D eigenvalue weighted by Gasteiger charge is -2.16. The second kappa shape index (κ2) is 13.3. The lowest BCUT2D eigenvalue weighted by atomic mass is 10.2. The van der Waals surface area contributed by atoms with Crippen molar-refractivity contribution in [1.29, 1.82) is 0 Å². The van der Waals surface area contributed by atoms with E-state index in [-0.39, 0.29) is 29.7 Å². The van der Waals surface area contributed by atoms with Crippen molar-refractivity contribution in [3.63, 3.8) is 0 Å². The second-order valence-corrected chi connectivity index (χ2v) is 8.23. The van der Waals surface area contributed by atoms with Crippen LogP contribution in [0.5, 0.6) is 0 Å². The molecule has 0 saturated carbocycles. The van der Waals surface area contributed by atoms with E-state index in [1.165, 1.54) is 11.8 Å². The van der Waals surface area contributed by atoms with Gasteiger partial charge in [0.05, 0.1) is 19.0 Å². The molecule has 0 spiro atoms. The maximum absolute atomic E-state index is 11.1. The van der Waals surface area contributed by atoms with E-state index >= 15 is 0 Å². The van der Waals surface area contributed by atoms with Gasteiger partial charge in [0.15, 0.2) is 5.96 Å². The molecule has 8 heteroatoms. The Morgan fingerprint density at radius 1 is 1.24 bits per heavy atom. The summed E-state index contributed by atoms with van der Waals surface area (Å²) in [6.45, 7) is 4.69. The van der Waals surface area contributed by atoms with Gasteiger partial charge < -0.3 is 15.4 Å². The largest absolute Gasteiger partial charge is 0.376 e. The van der Waals surface area contributed by atoms with Crippen LogP contribution in [0.25, 0.3) is 0 Å². The maximum atomic E-state index is 11.1. The molecule has 1 aromatic rings. The highest BCUT2D eigenvalue weighted by molar-refractivity contribution is 14.0. The fourth-order valence-corrected chi connectivity index (χ4v) is 2.71. The van der Waals surface area contributed by atoms with E-state index in [9.17, 15) is 8.42 Å². The van der Waals surface area contributed by atoms with Crippen molar-refractivity contribution in [3.8, 4) is 0 Å². The molecule has 6 nitrogen and oxygen atoms in total. The predicted molar refractivity (Wildman–Crippen MR) is 114 cm³/mol. The smallest absolute Gasteiger partial charge is 0.190 e. The summed E-state index contributed by atoms with van der Waals surface area (Å²) in [5.74, 6) is 1.20. The first-order valence-electron chi connectivity index (χ1n) is 8.14. The van der Waals surface area contributed by atoms with Crippen molar-refractivity contribution in [2.45, 2.75) is 20.0 Å². The van der Waals surface area contributed by atoms with Crippen LogP contribution in [0.3, 0.4) is 0 Å². The Kier molecular flexibility index (Phi) is 12.9. The zero-order valence-corrected chi connectivity index (χ0v) is 18.3. The van der Waals surface area contributed by atoms with E-state index < -0.39 is 9.84 Å². The molecule has 0 amide bonds. The Balaban J connectivity index is 0.00000576. The van der Waals surface area contributed by atoms with E-state index in [1.807, 2.05) is 30.3 Å². The average molecular weight is 483 g/mol. The number of nitrogens with zero attached hydrogens (tertiary/aromatic N) is 1. The minimum atomic E-state index is -2.90. The van der Waals surface area contributed by atoms with Crippen LogP contribution < -0.4 is 10.6 Å². The number of aliphatic imine (C=N–C) groups is 1. The number of ether oxygens (including phenoxy) is 1. The predicted octanol–water partition coefficient (Wildman–Crippen LogP) is 2.06. The molecule has 0 aliphatic carbocycles. The second-order valence-electron chi connectivity index (χ2n) is 5.97. The molecule has 0 saturated heterocycles. The third-order valence-electron chi connectivity index (χ3n) is 3.34. The quantitative estimate of drug-likeness (QED) is 0.231. The molecule has 144 valence electrons. The molecule has 0 aliphatic heterocycles. The van der Waals surface area contributed by atoms with Gasteiger partial charge in [0.2, 0.25) is 0 Å². The SMILES string of the molecule is CN=C(NCCCS(C)(=O)=O)NCC(C)COCc1ccccc1.I. The molecule has 0 aliphatic rings. The minimum absolute atomic E-state index is 0. The van der Waals surface area contributed by atoms with Crippen molar-refractivity contribution in [1.82, 2.24) is 10.6 Å². The zero-order chi connectivity index (χ0) is 17.8. The van der Waals surface area contributed by atoms with E-state index in [1.54, 1.807) is 7.05 Å². The average Bonchev–Trinajstić information content (AvgIpc) is 2.54. The van der Waals surface area contributed by atoms with Crippen LogP contribution in [0.15, 0.2) is 35.3 Å². The summed E-state index contributed by atoms with van der Waals surface area (Å²) < 4.78 is 27.9. The minimum Gasteiger partial charge on any atom is -0.376 e. The molecule has 0 bridgehead atoms. The molecule has 1 rings (SSSR count). The van der Waals surface area contributed by atoms with Crippen LogP contribution in [0.4, 0.5) is 0 Å². The van der Waals surface area contributed by atoms with Crippen LogP contribution >= 0.6 is 24.0 Å². The first-order valence-corrected chi connectivity index (χ1v) is 10.2. The summed E-state index contributed by atoms with van der Waals surface area (Å²) >= 11 is 0. The number of halogens is 1. The Bertz CT molecular complexity index is 594. The third kappa shape index (κ3) is 13.1. The van der Waals surface area contributed by atoms with Gasteiger partial charge in [-0.25, -0.2) is 8.42 Å². The van der Waals surface area contributed by atoms with Gasteiger partial charge in [-0.05, 0) is 17.9 Å². The van der Waals surface area contributed by atoms with E-state index in [4.69, 9.17) is 4.74 Å². The molecule has 1 unspecified atom stereocenters. The van der Waals surface area contributed by atoms with Gasteiger partial charge in [-0.2, -0.15) is 0 Å². The van der Waals surface area contributed by atoms with Gasteiger partial charge in [0, 0.05) is 26.4 Å². The van der Waals surface area contributed by atoms with Gasteiger partial charge >= 0.3 is 0 Å². The summed E-state index contributed by atoms with van der Waals surface area (Å²) in [5.41, 5.74) is 1.17. The van der Waals surface area contributed by atoms with Crippen LogP contribution in [0.2, 0.25) is 0 Å². The number of rotatable bonds is 10. The molecule has 1 atom stereocenters. The van der Waals surface area contributed by atoms with Crippen molar-refractivity contribution >= 4 is 39.8 Å². The molecule has 0 aromatic heterocycles. The van der Waals surface area contributed by atoms with E-state index in [2.05, 4.69) is 22.5 Å². The standard InChI is InChI=1S/C17H29N3O3S.HI/c1-15(13-23-14-16-8-5-4-6-9-16)12-20-17(18-2)19-10-7-11-24(3,21)22;/h4-6,8-9,15H,7,10-14H2,1-3H3,(H2,18,19,20);1H. The summed E-state index contributed by atoms with van der Waals surface area (Å²) in [6, 6.07) is 10.1. The summed E-state index contributed by atoms with van der Waals surface area (Å²) in [4.78, 5) is 4.13. The van der Waals surface area contributed by atoms with Gasteiger partial charge in [-0.15, -0.1) is 24.0 Å². The number of hydrogen-bond donors (Lipinski definition) is 2. The van der Waals surface area contributed by atoms with Crippen molar-refractivity contribution in [2.75, 3.05) is 38.8 Å². The van der Waals surface area contributed by atoms with Crippen LogP contribution in [0, 0.1) is 5.92 Å². The Morgan fingerprint density at radius 3 is 2.52 bits per heavy atom. The van der Waals surface area contributed by atoms with Crippen LogP contribution in [-0.2, 0) is 21.2 Å². The number of hydrogen-bond acceptors (Lipinski definition) is 4.